The molecule has 0 saturated heterocycles. The maximum Gasteiger partial charge on any atom is 0.226 e. The van der Waals surface area contributed by atoms with Gasteiger partial charge in [-0.25, -0.2) is 0 Å². The standard InChI is InChI=1S/C9H9N3O2S/c1-12-8(6(14-2)3-11-12)9(13)7-4-10-5-15-7/h3-5H,1-2H3. The van der Waals surface area contributed by atoms with E-state index in [-0.39, 0.29) is 5.78 Å². The number of carbonyl (C=O) groups excluding carboxylic acids is 1. The molecule has 0 bridgehead atoms. The molecular formula is C9H9N3O2S. The Balaban J connectivity index is 2.45. The molecule has 0 unspecified atom stereocenters. The molecule has 2 aromatic heterocycles. The summed E-state index contributed by atoms with van der Waals surface area (Å²) in [7, 11) is 3.22. The van der Waals surface area contributed by atoms with Crippen molar-refractivity contribution in [1.82, 2.24) is 14.8 Å². The van der Waals surface area contributed by atoms with Crippen LogP contribution in [0.4, 0.5) is 0 Å². The van der Waals surface area contributed by atoms with Gasteiger partial charge in [0.15, 0.2) is 11.4 Å². The molecule has 0 radical (unpaired) electrons. The molecule has 0 spiro atoms. The fourth-order valence-corrected chi connectivity index (χ4v) is 1.83. The highest BCUT2D eigenvalue weighted by atomic mass is 32.1. The third-order valence-electron chi connectivity index (χ3n) is 2.00. The first-order valence-corrected chi connectivity index (χ1v) is 5.11. The van der Waals surface area contributed by atoms with Gasteiger partial charge in [-0.3, -0.25) is 14.5 Å². The summed E-state index contributed by atoms with van der Waals surface area (Å²) >= 11 is 1.30. The minimum Gasteiger partial charge on any atom is -0.493 e. The van der Waals surface area contributed by atoms with Crippen LogP contribution in [0.15, 0.2) is 17.9 Å². The molecule has 0 aromatic carbocycles. The summed E-state index contributed by atoms with van der Waals surface area (Å²) in [4.78, 5) is 16.4. The molecule has 5 nitrogen and oxygen atoms in total. The van der Waals surface area contributed by atoms with E-state index in [0.717, 1.165) is 0 Å². The van der Waals surface area contributed by atoms with Gasteiger partial charge >= 0.3 is 0 Å². The van der Waals surface area contributed by atoms with Crippen LogP contribution in [0.5, 0.6) is 5.75 Å². The highest BCUT2D eigenvalue weighted by Crippen LogP contribution is 2.21. The Morgan fingerprint density at radius 2 is 2.33 bits per heavy atom. The van der Waals surface area contributed by atoms with E-state index >= 15 is 0 Å². The van der Waals surface area contributed by atoms with Gasteiger partial charge in [0.2, 0.25) is 5.78 Å². The SMILES string of the molecule is COc1cnn(C)c1C(=O)c1cncs1. The predicted molar refractivity (Wildman–Crippen MR) is 55.3 cm³/mol. The number of hydrogen-bond acceptors (Lipinski definition) is 5. The first-order valence-electron chi connectivity index (χ1n) is 4.23. The number of ether oxygens (including phenoxy) is 1. The van der Waals surface area contributed by atoms with Crippen molar-refractivity contribution in [1.29, 1.82) is 0 Å². The molecule has 15 heavy (non-hydrogen) atoms. The average molecular weight is 223 g/mol. The van der Waals surface area contributed by atoms with Crippen molar-refractivity contribution in [3.05, 3.63) is 28.5 Å². The van der Waals surface area contributed by atoms with Crippen LogP contribution in [0.2, 0.25) is 0 Å². The van der Waals surface area contributed by atoms with E-state index in [1.165, 1.54) is 29.3 Å². The van der Waals surface area contributed by atoms with E-state index in [0.29, 0.717) is 16.3 Å². The number of aromatic nitrogens is 3. The molecule has 0 aliphatic carbocycles. The molecule has 0 N–H and O–H groups in total. The van der Waals surface area contributed by atoms with E-state index in [1.54, 1.807) is 18.8 Å². The van der Waals surface area contributed by atoms with Crippen molar-refractivity contribution in [2.75, 3.05) is 7.11 Å². The van der Waals surface area contributed by atoms with Crippen molar-refractivity contribution in [2.24, 2.45) is 7.05 Å². The second-order valence-electron chi connectivity index (χ2n) is 2.88. The van der Waals surface area contributed by atoms with Crippen molar-refractivity contribution in [2.45, 2.75) is 0 Å². The van der Waals surface area contributed by atoms with E-state index in [9.17, 15) is 4.79 Å². The Morgan fingerprint density at radius 1 is 1.53 bits per heavy atom. The number of ketones is 1. The Morgan fingerprint density at radius 3 is 2.93 bits per heavy atom. The lowest BCUT2D eigenvalue weighted by atomic mass is 10.2. The van der Waals surface area contributed by atoms with Gasteiger partial charge in [0.1, 0.15) is 0 Å². The highest BCUT2D eigenvalue weighted by molar-refractivity contribution is 7.11. The summed E-state index contributed by atoms with van der Waals surface area (Å²) in [6.45, 7) is 0. The zero-order valence-corrected chi connectivity index (χ0v) is 9.11. The third-order valence-corrected chi connectivity index (χ3v) is 2.77. The van der Waals surface area contributed by atoms with Crippen LogP contribution in [0, 0.1) is 0 Å². The number of aryl methyl sites for hydroxylation is 1. The van der Waals surface area contributed by atoms with Crippen LogP contribution >= 0.6 is 11.3 Å². The van der Waals surface area contributed by atoms with Gasteiger partial charge in [-0.1, -0.05) is 0 Å². The Hall–Kier alpha value is -1.69. The molecule has 0 saturated carbocycles. The molecule has 78 valence electrons. The summed E-state index contributed by atoms with van der Waals surface area (Å²) in [5.74, 6) is 0.366. The van der Waals surface area contributed by atoms with Crippen molar-refractivity contribution < 1.29 is 9.53 Å². The molecule has 2 aromatic rings. The number of carbonyl (C=O) groups is 1. The zero-order valence-electron chi connectivity index (χ0n) is 8.30. The number of hydrogen-bond donors (Lipinski definition) is 0. The van der Waals surface area contributed by atoms with Crippen LogP contribution < -0.4 is 4.74 Å². The largest absolute Gasteiger partial charge is 0.493 e. The number of thiazole rings is 1. The normalized spacial score (nSPS) is 10.3. The Kier molecular flexibility index (Phi) is 2.51. The quantitative estimate of drug-likeness (QED) is 0.731. The Labute approximate surface area is 90.3 Å². The fourth-order valence-electron chi connectivity index (χ4n) is 1.27. The lowest BCUT2D eigenvalue weighted by Gasteiger charge is -2.01. The zero-order chi connectivity index (χ0) is 10.8. The predicted octanol–water partition coefficient (Wildman–Crippen LogP) is 1.12. The molecule has 2 rings (SSSR count). The number of methoxy groups -OCH3 is 1. The molecule has 0 amide bonds. The second kappa shape index (κ2) is 3.82. The molecule has 0 aliphatic heterocycles. The van der Waals surface area contributed by atoms with Crippen molar-refractivity contribution >= 4 is 17.1 Å². The first-order chi connectivity index (χ1) is 7.24. The van der Waals surface area contributed by atoms with Gasteiger partial charge in [-0.15, -0.1) is 11.3 Å². The van der Waals surface area contributed by atoms with Crippen LogP contribution in [0.25, 0.3) is 0 Å². The molecular weight excluding hydrogens is 214 g/mol. The molecule has 2 heterocycles. The van der Waals surface area contributed by atoms with Crippen molar-refractivity contribution in [3.8, 4) is 5.75 Å². The average Bonchev–Trinajstić information content (AvgIpc) is 2.85. The second-order valence-corrected chi connectivity index (χ2v) is 3.77. The lowest BCUT2D eigenvalue weighted by molar-refractivity contribution is 0.103. The summed E-state index contributed by atoms with van der Waals surface area (Å²) in [5, 5.41) is 3.97. The maximum atomic E-state index is 12.0. The lowest BCUT2D eigenvalue weighted by Crippen LogP contribution is -2.08. The summed E-state index contributed by atoms with van der Waals surface area (Å²) in [5.41, 5.74) is 2.07. The highest BCUT2D eigenvalue weighted by Gasteiger charge is 2.20. The van der Waals surface area contributed by atoms with E-state index in [2.05, 4.69) is 10.1 Å². The maximum absolute atomic E-state index is 12.0. The van der Waals surface area contributed by atoms with Gasteiger partial charge in [0.25, 0.3) is 0 Å². The Bertz CT molecular complexity index is 476. The van der Waals surface area contributed by atoms with Gasteiger partial charge in [-0.2, -0.15) is 5.10 Å². The minimum atomic E-state index is -0.116. The van der Waals surface area contributed by atoms with Gasteiger partial charge < -0.3 is 4.74 Å². The van der Waals surface area contributed by atoms with Gasteiger partial charge in [0, 0.05) is 13.2 Å². The van der Waals surface area contributed by atoms with Gasteiger partial charge in [0.05, 0.1) is 23.7 Å². The van der Waals surface area contributed by atoms with Crippen LogP contribution in [0.3, 0.4) is 0 Å². The molecule has 0 atom stereocenters. The third kappa shape index (κ3) is 1.63. The summed E-state index contributed by atoms with van der Waals surface area (Å²) in [6, 6.07) is 0. The van der Waals surface area contributed by atoms with E-state index in [4.69, 9.17) is 4.74 Å². The van der Waals surface area contributed by atoms with Gasteiger partial charge in [-0.05, 0) is 0 Å². The fraction of sp³-hybridized carbons (Fsp3) is 0.222. The minimum absolute atomic E-state index is 0.116. The molecule has 6 heteroatoms. The smallest absolute Gasteiger partial charge is 0.226 e. The first kappa shape index (κ1) is 9.85. The van der Waals surface area contributed by atoms with Crippen LogP contribution in [0.1, 0.15) is 15.4 Å². The van der Waals surface area contributed by atoms with E-state index in [1.807, 2.05) is 0 Å². The van der Waals surface area contributed by atoms with Crippen LogP contribution in [-0.4, -0.2) is 27.7 Å². The van der Waals surface area contributed by atoms with Crippen LogP contribution in [-0.2, 0) is 7.05 Å². The molecule has 0 fully saturated rings. The monoisotopic (exact) mass is 223 g/mol. The topological polar surface area (TPSA) is 57.0 Å². The number of nitrogens with zero attached hydrogens (tertiary/aromatic N) is 3. The summed E-state index contributed by atoms with van der Waals surface area (Å²) < 4.78 is 6.57. The summed E-state index contributed by atoms with van der Waals surface area (Å²) in [6.07, 6.45) is 3.06. The number of rotatable bonds is 3. The van der Waals surface area contributed by atoms with Crippen molar-refractivity contribution in [3.63, 3.8) is 0 Å². The van der Waals surface area contributed by atoms with E-state index < -0.39 is 0 Å². The molecule has 0 aliphatic rings.